The van der Waals surface area contributed by atoms with Crippen LogP contribution < -0.4 is 5.73 Å². The van der Waals surface area contributed by atoms with Crippen molar-refractivity contribution in [3.05, 3.63) is 20.8 Å². The molecule has 1 heterocycles. The van der Waals surface area contributed by atoms with Crippen LogP contribution in [0.5, 0.6) is 0 Å². The lowest BCUT2D eigenvalue weighted by Gasteiger charge is -2.19. The fraction of sp³-hybridized carbons (Fsp3) is 0.643. The third kappa shape index (κ3) is 5.63. The lowest BCUT2D eigenvalue weighted by molar-refractivity contribution is -0.118. The molecule has 0 bridgehead atoms. The molecule has 2 nitrogen and oxygen atoms in total. The Hall–Kier alpha value is -0.190. The van der Waals surface area contributed by atoms with E-state index in [1.54, 1.807) is 11.3 Å². The maximum atomic E-state index is 11.9. The second kappa shape index (κ2) is 8.08. The summed E-state index contributed by atoms with van der Waals surface area (Å²) in [6, 6.07) is 2.03. The summed E-state index contributed by atoms with van der Waals surface area (Å²) in [7, 11) is 0. The van der Waals surface area contributed by atoms with Crippen LogP contribution in [0, 0.1) is 11.8 Å². The van der Waals surface area contributed by atoms with E-state index in [2.05, 4.69) is 29.8 Å². The van der Waals surface area contributed by atoms with E-state index < -0.39 is 0 Å². The standard InChI is InChI=1S/C14H22BrNOS/c1-10(2)11(5-6-16)3-4-13(17)8-14-7-12(15)9-18-14/h7,9-11H,3-6,8,16H2,1-2H3. The van der Waals surface area contributed by atoms with Gasteiger partial charge >= 0.3 is 0 Å². The maximum absolute atomic E-state index is 11.9. The number of carbonyl (C=O) groups is 1. The average Bonchev–Trinajstić information content (AvgIpc) is 2.69. The van der Waals surface area contributed by atoms with Gasteiger partial charge in [-0.1, -0.05) is 13.8 Å². The highest BCUT2D eigenvalue weighted by atomic mass is 79.9. The lowest BCUT2D eigenvalue weighted by atomic mass is 9.87. The summed E-state index contributed by atoms with van der Waals surface area (Å²) in [5, 5.41) is 2.02. The maximum Gasteiger partial charge on any atom is 0.138 e. The molecule has 0 aliphatic carbocycles. The van der Waals surface area contributed by atoms with Crippen LogP contribution in [-0.2, 0) is 11.2 Å². The Morgan fingerprint density at radius 1 is 1.44 bits per heavy atom. The van der Waals surface area contributed by atoms with Crippen molar-refractivity contribution in [3.63, 3.8) is 0 Å². The van der Waals surface area contributed by atoms with Crippen molar-refractivity contribution in [1.82, 2.24) is 0 Å². The van der Waals surface area contributed by atoms with Crippen LogP contribution in [0.4, 0.5) is 0 Å². The van der Waals surface area contributed by atoms with Gasteiger partial charge in [-0.3, -0.25) is 4.79 Å². The zero-order valence-electron chi connectivity index (χ0n) is 11.1. The van der Waals surface area contributed by atoms with Gasteiger partial charge in [-0.25, -0.2) is 0 Å². The minimum atomic E-state index is 0.340. The van der Waals surface area contributed by atoms with Crippen molar-refractivity contribution in [2.24, 2.45) is 17.6 Å². The average molecular weight is 332 g/mol. The fourth-order valence-electron chi connectivity index (χ4n) is 2.10. The molecule has 102 valence electrons. The molecule has 1 aromatic heterocycles. The molecule has 1 rings (SSSR count). The summed E-state index contributed by atoms with van der Waals surface area (Å²) in [5.41, 5.74) is 5.61. The number of nitrogens with two attached hydrogens (primary N) is 1. The Morgan fingerprint density at radius 3 is 2.67 bits per heavy atom. The molecule has 2 N–H and O–H groups in total. The van der Waals surface area contributed by atoms with Gasteiger partial charge in [-0.05, 0) is 53.2 Å². The number of carbonyl (C=O) groups excluding carboxylic acids is 1. The normalized spacial score (nSPS) is 12.9. The van der Waals surface area contributed by atoms with Gasteiger partial charge in [-0.2, -0.15) is 0 Å². The Kier molecular flexibility index (Phi) is 7.12. The molecule has 0 amide bonds. The van der Waals surface area contributed by atoms with Crippen LogP contribution in [0.2, 0.25) is 0 Å². The summed E-state index contributed by atoms with van der Waals surface area (Å²) < 4.78 is 1.07. The van der Waals surface area contributed by atoms with Crippen molar-refractivity contribution >= 4 is 33.0 Å². The number of halogens is 1. The molecule has 0 spiro atoms. The first-order valence-electron chi connectivity index (χ1n) is 6.47. The molecule has 4 heteroatoms. The van der Waals surface area contributed by atoms with Crippen molar-refractivity contribution < 1.29 is 4.79 Å². The highest BCUT2D eigenvalue weighted by Gasteiger charge is 2.15. The Morgan fingerprint density at radius 2 is 2.17 bits per heavy atom. The molecule has 1 aromatic rings. The second-order valence-electron chi connectivity index (χ2n) is 5.07. The Labute approximate surface area is 122 Å². The van der Waals surface area contributed by atoms with Crippen LogP contribution in [0.15, 0.2) is 15.9 Å². The summed E-state index contributed by atoms with van der Waals surface area (Å²) in [5.74, 6) is 1.53. The predicted octanol–water partition coefficient (Wildman–Crippen LogP) is 4.02. The van der Waals surface area contributed by atoms with Crippen LogP contribution >= 0.6 is 27.3 Å². The van der Waals surface area contributed by atoms with E-state index in [0.29, 0.717) is 30.5 Å². The molecule has 1 unspecified atom stereocenters. The minimum Gasteiger partial charge on any atom is -0.330 e. The molecular weight excluding hydrogens is 310 g/mol. The molecule has 0 aliphatic rings. The zero-order chi connectivity index (χ0) is 13.5. The van der Waals surface area contributed by atoms with E-state index in [4.69, 9.17) is 5.73 Å². The van der Waals surface area contributed by atoms with Crippen molar-refractivity contribution in [2.75, 3.05) is 6.54 Å². The minimum absolute atomic E-state index is 0.340. The van der Waals surface area contributed by atoms with E-state index in [-0.39, 0.29) is 0 Å². The second-order valence-corrected chi connectivity index (χ2v) is 6.98. The topological polar surface area (TPSA) is 43.1 Å². The first-order chi connectivity index (χ1) is 8.52. The van der Waals surface area contributed by atoms with Gasteiger partial charge in [0.25, 0.3) is 0 Å². The van der Waals surface area contributed by atoms with E-state index in [1.165, 1.54) is 0 Å². The molecule has 18 heavy (non-hydrogen) atoms. The van der Waals surface area contributed by atoms with Gasteiger partial charge in [-0.15, -0.1) is 11.3 Å². The van der Waals surface area contributed by atoms with Gasteiger partial charge in [0.05, 0.1) is 0 Å². The highest BCUT2D eigenvalue weighted by molar-refractivity contribution is 9.10. The van der Waals surface area contributed by atoms with E-state index in [0.717, 1.165) is 28.7 Å². The first kappa shape index (κ1) is 15.9. The fourth-order valence-corrected chi connectivity index (χ4v) is 3.58. The van der Waals surface area contributed by atoms with Crippen LogP contribution in [0.25, 0.3) is 0 Å². The van der Waals surface area contributed by atoms with Crippen molar-refractivity contribution in [2.45, 2.75) is 39.5 Å². The molecule has 0 saturated heterocycles. The van der Waals surface area contributed by atoms with E-state index in [9.17, 15) is 4.79 Å². The third-order valence-electron chi connectivity index (χ3n) is 3.27. The first-order valence-corrected chi connectivity index (χ1v) is 8.15. The Bertz CT molecular complexity index is 376. The molecule has 0 saturated carbocycles. The SMILES string of the molecule is CC(C)C(CCN)CCC(=O)Cc1cc(Br)cs1. The van der Waals surface area contributed by atoms with Crippen molar-refractivity contribution in [1.29, 1.82) is 0 Å². The van der Waals surface area contributed by atoms with Crippen LogP contribution in [0.3, 0.4) is 0 Å². The van der Waals surface area contributed by atoms with Crippen LogP contribution in [-0.4, -0.2) is 12.3 Å². The predicted molar refractivity (Wildman–Crippen MR) is 82.0 cm³/mol. The third-order valence-corrected chi connectivity index (χ3v) is 4.97. The lowest BCUT2D eigenvalue weighted by Crippen LogP contribution is -2.16. The van der Waals surface area contributed by atoms with E-state index in [1.807, 2.05) is 11.4 Å². The summed E-state index contributed by atoms with van der Waals surface area (Å²) in [4.78, 5) is 13.1. The molecular formula is C14H22BrNOS. The number of thiophene rings is 1. The monoisotopic (exact) mass is 331 g/mol. The van der Waals surface area contributed by atoms with E-state index >= 15 is 0 Å². The van der Waals surface area contributed by atoms with Gasteiger partial charge < -0.3 is 5.73 Å². The number of Topliss-reactive ketones (excluding diaryl/α,β-unsaturated/α-hetero) is 1. The zero-order valence-corrected chi connectivity index (χ0v) is 13.5. The quantitative estimate of drug-likeness (QED) is 0.781. The molecule has 0 radical (unpaired) electrons. The molecule has 1 atom stereocenters. The summed E-state index contributed by atoms with van der Waals surface area (Å²) in [6.45, 7) is 5.14. The van der Waals surface area contributed by atoms with Gasteiger partial charge in [0.15, 0.2) is 0 Å². The van der Waals surface area contributed by atoms with Crippen LogP contribution in [0.1, 0.15) is 38.0 Å². The number of hydrogen-bond acceptors (Lipinski definition) is 3. The molecule has 0 aliphatic heterocycles. The van der Waals surface area contributed by atoms with Gasteiger partial charge in [0.1, 0.15) is 5.78 Å². The van der Waals surface area contributed by atoms with Gasteiger partial charge in [0.2, 0.25) is 0 Å². The largest absolute Gasteiger partial charge is 0.330 e. The highest BCUT2D eigenvalue weighted by Crippen LogP contribution is 2.23. The summed E-state index contributed by atoms with van der Waals surface area (Å²) in [6.07, 6.45) is 3.25. The number of rotatable bonds is 8. The molecule has 0 aromatic carbocycles. The Balaban J connectivity index is 2.35. The van der Waals surface area contributed by atoms with Crippen molar-refractivity contribution in [3.8, 4) is 0 Å². The summed E-state index contributed by atoms with van der Waals surface area (Å²) >= 11 is 5.05. The number of ketones is 1. The smallest absolute Gasteiger partial charge is 0.138 e. The molecule has 0 fully saturated rings. The van der Waals surface area contributed by atoms with Gasteiger partial charge in [0, 0.05) is 27.6 Å². The number of hydrogen-bond donors (Lipinski definition) is 1.